The largest absolute Gasteiger partial charge is 0.493 e. The van der Waals surface area contributed by atoms with Crippen molar-refractivity contribution < 1.29 is 63.7 Å². The van der Waals surface area contributed by atoms with Crippen LogP contribution in [0.1, 0.15) is 98.8 Å². The molecule has 0 amide bonds. The Morgan fingerprint density at radius 1 is 0.679 bits per heavy atom. The zero-order chi connectivity index (χ0) is 39.1. The highest BCUT2D eigenvalue weighted by atomic mass is 19.4. The van der Waals surface area contributed by atoms with E-state index < -0.39 is 43.0 Å². The van der Waals surface area contributed by atoms with Crippen molar-refractivity contribution in [2.24, 2.45) is 0 Å². The first-order valence-corrected chi connectivity index (χ1v) is 17.5. The maximum absolute atomic E-state index is 14.7. The lowest BCUT2D eigenvalue weighted by molar-refractivity contribution is -0.361. The van der Waals surface area contributed by atoms with E-state index >= 15 is 0 Å². The standard InChI is InChI=1S/C39H44F8O6/c1-3-4-5-9-12-27(2)52-35(48)30-15-13-28(14-16-30)29-17-19-31(20-18-29)53-36(49)33-22-21-32(25-34(33)40)51-24-11-8-6-7-10-23-50-26-37(41,42)38(43,44)39(45,46)47/h13-22,25,27H,3-12,23-24,26H2,1-2H3/t27-/m1/s1. The molecule has 0 aliphatic carbocycles. The van der Waals surface area contributed by atoms with E-state index in [-0.39, 0.29) is 42.2 Å². The molecule has 0 radical (unpaired) electrons. The lowest BCUT2D eigenvalue weighted by Gasteiger charge is -2.27. The number of benzene rings is 3. The fourth-order valence-electron chi connectivity index (χ4n) is 5.12. The SMILES string of the molecule is CCCCCC[C@@H](C)OC(=O)c1ccc(-c2ccc(OC(=O)c3ccc(OCCCCCCCOCC(F)(F)C(F)(F)C(F)(F)F)cc3F)cc2)cc1. The molecule has 0 N–H and O–H groups in total. The highest BCUT2D eigenvalue weighted by Gasteiger charge is 2.73. The van der Waals surface area contributed by atoms with Gasteiger partial charge in [-0.25, -0.2) is 14.0 Å². The molecule has 0 spiro atoms. The quantitative estimate of drug-likeness (QED) is 0.0440. The van der Waals surface area contributed by atoms with Crippen LogP contribution in [0.25, 0.3) is 11.1 Å². The van der Waals surface area contributed by atoms with Gasteiger partial charge in [0.05, 0.1) is 23.8 Å². The molecule has 0 saturated heterocycles. The van der Waals surface area contributed by atoms with Crippen molar-refractivity contribution in [2.45, 2.75) is 102 Å². The Morgan fingerprint density at radius 2 is 1.25 bits per heavy atom. The molecule has 0 aromatic heterocycles. The van der Waals surface area contributed by atoms with Crippen molar-refractivity contribution in [2.75, 3.05) is 19.8 Å². The van der Waals surface area contributed by atoms with Crippen LogP contribution < -0.4 is 9.47 Å². The van der Waals surface area contributed by atoms with Crippen LogP contribution in [0.3, 0.4) is 0 Å². The number of carbonyl (C=O) groups is 2. The third kappa shape index (κ3) is 13.3. The van der Waals surface area contributed by atoms with Crippen molar-refractivity contribution in [3.63, 3.8) is 0 Å². The lowest BCUT2D eigenvalue weighted by Crippen LogP contribution is -2.54. The monoisotopic (exact) mass is 760 g/mol. The minimum atomic E-state index is -6.39. The fourth-order valence-corrected chi connectivity index (χ4v) is 5.12. The summed E-state index contributed by atoms with van der Waals surface area (Å²) in [6.45, 7) is 1.76. The summed E-state index contributed by atoms with van der Waals surface area (Å²) < 4.78 is 124. The van der Waals surface area contributed by atoms with Gasteiger partial charge in [-0.3, -0.25) is 0 Å². The number of alkyl halides is 7. The van der Waals surface area contributed by atoms with Gasteiger partial charge >= 0.3 is 30.0 Å². The van der Waals surface area contributed by atoms with Gasteiger partial charge < -0.3 is 18.9 Å². The van der Waals surface area contributed by atoms with Crippen LogP contribution in [0.5, 0.6) is 11.5 Å². The van der Waals surface area contributed by atoms with Crippen molar-refractivity contribution in [1.29, 1.82) is 0 Å². The molecule has 0 heterocycles. The first-order valence-electron chi connectivity index (χ1n) is 17.5. The van der Waals surface area contributed by atoms with Gasteiger partial charge in [-0.1, -0.05) is 69.7 Å². The van der Waals surface area contributed by atoms with Gasteiger partial charge in [0, 0.05) is 12.7 Å². The zero-order valence-electron chi connectivity index (χ0n) is 29.6. The van der Waals surface area contributed by atoms with Crippen LogP contribution in [0.15, 0.2) is 66.7 Å². The molecule has 292 valence electrons. The third-order valence-corrected chi connectivity index (χ3v) is 8.25. The van der Waals surface area contributed by atoms with Crippen LogP contribution in [-0.2, 0) is 9.47 Å². The number of unbranched alkanes of at least 4 members (excludes halogenated alkanes) is 7. The molecule has 1 atom stereocenters. The van der Waals surface area contributed by atoms with Crippen molar-refractivity contribution in [3.05, 3.63) is 83.7 Å². The molecule has 0 fully saturated rings. The Hall–Kier alpha value is -4.20. The number of ether oxygens (including phenoxy) is 4. The van der Waals surface area contributed by atoms with Gasteiger partial charge in [0.2, 0.25) is 0 Å². The van der Waals surface area contributed by atoms with Crippen LogP contribution in [0.4, 0.5) is 35.1 Å². The van der Waals surface area contributed by atoms with Gasteiger partial charge in [0.25, 0.3) is 0 Å². The molecular weight excluding hydrogens is 716 g/mol. The molecule has 0 aliphatic heterocycles. The molecule has 6 nitrogen and oxygen atoms in total. The Morgan fingerprint density at radius 3 is 1.85 bits per heavy atom. The highest BCUT2D eigenvalue weighted by Crippen LogP contribution is 2.46. The summed E-state index contributed by atoms with van der Waals surface area (Å²) in [6.07, 6.45) is 1.01. The van der Waals surface area contributed by atoms with Gasteiger partial charge in [0.15, 0.2) is 0 Å². The second kappa shape index (κ2) is 20.3. The summed E-state index contributed by atoms with van der Waals surface area (Å²) in [7, 11) is 0. The van der Waals surface area contributed by atoms with Crippen LogP contribution in [0, 0.1) is 5.82 Å². The minimum absolute atomic E-state index is 0.166. The number of hydrogen-bond donors (Lipinski definition) is 0. The molecular formula is C39H44F8O6. The smallest absolute Gasteiger partial charge is 0.459 e. The molecule has 0 bridgehead atoms. The summed E-state index contributed by atoms with van der Waals surface area (Å²) in [6, 6.07) is 17.2. The minimum Gasteiger partial charge on any atom is -0.493 e. The number of esters is 2. The van der Waals surface area contributed by atoms with E-state index in [0.717, 1.165) is 49.3 Å². The first-order chi connectivity index (χ1) is 25.1. The Labute approximate surface area is 303 Å². The van der Waals surface area contributed by atoms with Crippen LogP contribution in [-0.4, -0.2) is 55.9 Å². The van der Waals surface area contributed by atoms with Gasteiger partial charge in [-0.05, 0) is 80.1 Å². The van der Waals surface area contributed by atoms with Crippen molar-refractivity contribution in [1.82, 2.24) is 0 Å². The average Bonchev–Trinajstić information content (AvgIpc) is 3.10. The predicted molar refractivity (Wildman–Crippen MR) is 182 cm³/mol. The molecule has 3 aromatic carbocycles. The van der Waals surface area contributed by atoms with E-state index in [1.165, 1.54) is 12.1 Å². The number of hydrogen-bond acceptors (Lipinski definition) is 6. The maximum atomic E-state index is 14.7. The molecule has 14 heteroatoms. The van der Waals surface area contributed by atoms with E-state index in [0.29, 0.717) is 31.2 Å². The Bertz CT molecular complexity index is 1580. The molecule has 0 saturated carbocycles. The average molecular weight is 761 g/mol. The maximum Gasteiger partial charge on any atom is 0.459 e. The summed E-state index contributed by atoms with van der Waals surface area (Å²) >= 11 is 0. The van der Waals surface area contributed by atoms with Crippen molar-refractivity contribution in [3.8, 4) is 22.6 Å². The summed E-state index contributed by atoms with van der Waals surface area (Å²) in [4.78, 5) is 25.2. The molecule has 0 unspecified atom stereocenters. The van der Waals surface area contributed by atoms with E-state index in [9.17, 15) is 44.7 Å². The van der Waals surface area contributed by atoms with E-state index in [1.807, 2.05) is 6.92 Å². The second-order valence-corrected chi connectivity index (χ2v) is 12.6. The normalized spacial score (nSPS) is 12.7. The van der Waals surface area contributed by atoms with Crippen LogP contribution in [0.2, 0.25) is 0 Å². The predicted octanol–water partition coefficient (Wildman–Crippen LogP) is 11.4. The summed E-state index contributed by atoms with van der Waals surface area (Å²) in [5.74, 6) is -13.4. The van der Waals surface area contributed by atoms with E-state index in [4.69, 9.17) is 14.2 Å². The summed E-state index contributed by atoms with van der Waals surface area (Å²) in [5, 5.41) is 0. The topological polar surface area (TPSA) is 71.1 Å². The molecule has 53 heavy (non-hydrogen) atoms. The Balaban J connectivity index is 1.36. The fraction of sp³-hybridized carbons (Fsp3) is 0.487. The lowest BCUT2D eigenvalue weighted by atomic mass is 10.0. The molecule has 0 aliphatic rings. The van der Waals surface area contributed by atoms with E-state index in [1.54, 1.807) is 48.5 Å². The third-order valence-electron chi connectivity index (χ3n) is 8.25. The number of rotatable bonds is 22. The van der Waals surface area contributed by atoms with Gasteiger partial charge in [-0.2, -0.15) is 30.7 Å². The Kier molecular flexibility index (Phi) is 16.6. The van der Waals surface area contributed by atoms with Crippen molar-refractivity contribution >= 4 is 11.9 Å². The molecule has 3 aromatic rings. The number of carbonyl (C=O) groups excluding carboxylic acids is 2. The highest BCUT2D eigenvalue weighted by molar-refractivity contribution is 5.92. The second-order valence-electron chi connectivity index (χ2n) is 12.6. The van der Waals surface area contributed by atoms with Gasteiger partial charge in [0.1, 0.15) is 23.9 Å². The zero-order valence-corrected chi connectivity index (χ0v) is 29.6. The first kappa shape index (κ1) is 43.2. The molecule has 3 rings (SSSR count). The van der Waals surface area contributed by atoms with Crippen LogP contribution >= 0.6 is 0 Å². The number of halogens is 8. The van der Waals surface area contributed by atoms with E-state index in [2.05, 4.69) is 11.7 Å². The van der Waals surface area contributed by atoms with Gasteiger partial charge in [-0.15, -0.1) is 0 Å². The summed E-state index contributed by atoms with van der Waals surface area (Å²) in [5.41, 5.74) is 1.77.